The number of nitrogens with zero attached hydrogens (tertiary/aromatic N) is 3. The zero-order chi connectivity index (χ0) is 17.7. The summed E-state index contributed by atoms with van der Waals surface area (Å²) in [5.41, 5.74) is 2.11. The van der Waals surface area contributed by atoms with Crippen LogP contribution in [0, 0.1) is 12.7 Å². The molecule has 2 aromatic heterocycles. The lowest BCUT2D eigenvalue weighted by Gasteiger charge is -2.10. The number of halogens is 2. The van der Waals surface area contributed by atoms with Crippen LogP contribution in [0.1, 0.15) is 40.5 Å². The number of esters is 1. The molecule has 2 heterocycles. The molecule has 0 radical (unpaired) electrons. The molecule has 0 unspecified atom stereocenters. The van der Waals surface area contributed by atoms with E-state index < -0.39 is 11.8 Å². The molecule has 1 saturated carbocycles. The summed E-state index contributed by atoms with van der Waals surface area (Å²) in [7, 11) is 1.30. The SMILES string of the molecule is COC(=O)c1c(Cl)c(C2CC2)nc2c1c(C)nn2-c1ccccc1F. The standard InChI is InChI=1S/C18H15ClFN3O2/c1-9-13-14(18(24)25-2)15(19)16(10-7-8-10)21-17(13)23(22-9)12-6-4-3-5-11(12)20/h3-6,10H,7-8H2,1-2H3. The van der Waals surface area contributed by atoms with Crippen LogP contribution in [-0.2, 0) is 4.74 Å². The Morgan fingerprint density at radius 1 is 1.36 bits per heavy atom. The predicted molar refractivity (Wildman–Crippen MR) is 91.9 cm³/mol. The molecule has 3 aromatic rings. The third-order valence-corrected chi connectivity index (χ3v) is 4.77. The van der Waals surface area contributed by atoms with Gasteiger partial charge in [-0.15, -0.1) is 0 Å². The number of methoxy groups -OCH3 is 1. The average Bonchev–Trinajstić information content (AvgIpc) is 3.39. The van der Waals surface area contributed by atoms with Crippen molar-refractivity contribution in [2.45, 2.75) is 25.7 Å². The van der Waals surface area contributed by atoms with Crippen molar-refractivity contribution in [2.75, 3.05) is 7.11 Å². The molecule has 1 aliphatic rings. The summed E-state index contributed by atoms with van der Waals surface area (Å²) in [6, 6.07) is 6.31. The predicted octanol–water partition coefficient (Wildman–Crippen LogP) is 4.19. The average molecular weight is 360 g/mol. The number of aryl methyl sites for hydroxylation is 1. The largest absolute Gasteiger partial charge is 0.465 e. The van der Waals surface area contributed by atoms with Crippen LogP contribution < -0.4 is 0 Å². The second-order valence-electron chi connectivity index (χ2n) is 6.10. The van der Waals surface area contributed by atoms with Gasteiger partial charge in [0.15, 0.2) is 5.65 Å². The number of fused-ring (bicyclic) bond motifs is 1. The number of ether oxygens (including phenoxy) is 1. The monoisotopic (exact) mass is 359 g/mol. The van der Waals surface area contributed by atoms with Crippen LogP contribution in [0.15, 0.2) is 24.3 Å². The van der Waals surface area contributed by atoms with E-state index in [0.29, 0.717) is 27.4 Å². The molecule has 0 bridgehead atoms. The molecule has 128 valence electrons. The summed E-state index contributed by atoms with van der Waals surface area (Å²) >= 11 is 6.48. The molecule has 4 rings (SSSR count). The van der Waals surface area contributed by atoms with Gasteiger partial charge in [-0.1, -0.05) is 23.7 Å². The highest BCUT2D eigenvalue weighted by Gasteiger charge is 2.33. The van der Waals surface area contributed by atoms with Gasteiger partial charge in [0.25, 0.3) is 0 Å². The molecule has 0 saturated heterocycles. The number of carbonyl (C=O) groups is 1. The van der Waals surface area contributed by atoms with Crippen LogP contribution >= 0.6 is 11.6 Å². The van der Waals surface area contributed by atoms with E-state index in [1.54, 1.807) is 25.1 Å². The molecule has 0 spiro atoms. The molecule has 5 nitrogen and oxygen atoms in total. The maximum Gasteiger partial charge on any atom is 0.340 e. The number of rotatable bonds is 3. The maximum atomic E-state index is 14.3. The van der Waals surface area contributed by atoms with Crippen LogP contribution in [0.4, 0.5) is 4.39 Å². The van der Waals surface area contributed by atoms with E-state index in [1.165, 1.54) is 17.9 Å². The third kappa shape index (κ3) is 2.48. The Kier molecular flexibility index (Phi) is 3.72. The number of carbonyl (C=O) groups excluding carboxylic acids is 1. The summed E-state index contributed by atoms with van der Waals surface area (Å²) in [4.78, 5) is 17.0. The minimum Gasteiger partial charge on any atom is -0.465 e. The van der Waals surface area contributed by atoms with Crippen molar-refractivity contribution < 1.29 is 13.9 Å². The van der Waals surface area contributed by atoms with Gasteiger partial charge in [-0.25, -0.2) is 18.9 Å². The fourth-order valence-electron chi connectivity index (χ4n) is 3.02. The lowest BCUT2D eigenvalue weighted by Crippen LogP contribution is -2.08. The van der Waals surface area contributed by atoms with Gasteiger partial charge in [0.1, 0.15) is 11.5 Å². The first-order valence-corrected chi connectivity index (χ1v) is 8.32. The first kappa shape index (κ1) is 16.0. The highest BCUT2D eigenvalue weighted by Crippen LogP contribution is 2.45. The van der Waals surface area contributed by atoms with Gasteiger partial charge in [-0.2, -0.15) is 5.10 Å². The van der Waals surface area contributed by atoms with Gasteiger partial charge in [-0.3, -0.25) is 0 Å². The van der Waals surface area contributed by atoms with Crippen molar-refractivity contribution in [1.29, 1.82) is 0 Å². The minimum atomic E-state index is -0.546. The van der Waals surface area contributed by atoms with E-state index in [1.807, 2.05) is 0 Å². The second-order valence-corrected chi connectivity index (χ2v) is 6.48. The zero-order valence-electron chi connectivity index (χ0n) is 13.7. The normalized spacial score (nSPS) is 14.1. The summed E-state index contributed by atoms with van der Waals surface area (Å²) in [5, 5.41) is 5.20. The number of hydrogen-bond donors (Lipinski definition) is 0. The Morgan fingerprint density at radius 3 is 2.72 bits per heavy atom. The highest BCUT2D eigenvalue weighted by molar-refractivity contribution is 6.36. The Hall–Kier alpha value is -2.47. The molecule has 25 heavy (non-hydrogen) atoms. The first-order chi connectivity index (χ1) is 12.0. The first-order valence-electron chi connectivity index (χ1n) is 7.95. The second kappa shape index (κ2) is 5.81. The fraction of sp³-hybridized carbons (Fsp3) is 0.278. The molecular weight excluding hydrogens is 345 g/mol. The van der Waals surface area contributed by atoms with Gasteiger partial charge in [0.2, 0.25) is 0 Å². The number of pyridine rings is 1. The Balaban J connectivity index is 2.10. The van der Waals surface area contributed by atoms with Crippen LogP contribution in [0.25, 0.3) is 16.7 Å². The molecule has 1 aliphatic carbocycles. The summed E-state index contributed by atoms with van der Waals surface area (Å²) in [5.74, 6) is -0.753. The number of para-hydroxylation sites is 1. The van der Waals surface area contributed by atoms with E-state index in [2.05, 4.69) is 10.1 Å². The van der Waals surface area contributed by atoms with Crippen molar-refractivity contribution in [3.63, 3.8) is 0 Å². The summed E-state index contributed by atoms with van der Waals surface area (Å²) in [6.07, 6.45) is 1.93. The molecule has 0 atom stereocenters. The van der Waals surface area contributed by atoms with Crippen LogP contribution in [0.2, 0.25) is 5.02 Å². The van der Waals surface area contributed by atoms with Crippen molar-refractivity contribution in [3.8, 4) is 5.69 Å². The minimum absolute atomic E-state index is 0.213. The quantitative estimate of drug-likeness (QED) is 0.658. The van der Waals surface area contributed by atoms with Gasteiger partial charge in [-0.05, 0) is 31.9 Å². The third-order valence-electron chi connectivity index (χ3n) is 4.39. The number of aromatic nitrogens is 3. The van der Waals surface area contributed by atoms with Crippen molar-refractivity contribution in [1.82, 2.24) is 14.8 Å². The topological polar surface area (TPSA) is 57.0 Å². The summed E-state index contributed by atoms with van der Waals surface area (Å²) in [6.45, 7) is 1.74. The number of hydrogen-bond acceptors (Lipinski definition) is 4. The molecular formula is C18H15ClFN3O2. The van der Waals surface area contributed by atoms with E-state index in [0.717, 1.165) is 12.8 Å². The number of benzene rings is 1. The van der Waals surface area contributed by atoms with Crippen LogP contribution in [0.5, 0.6) is 0 Å². The van der Waals surface area contributed by atoms with Crippen molar-refractivity contribution in [3.05, 3.63) is 52.1 Å². The smallest absolute Gasteiger partial charge is 0.340 e. The van der Waals surface area contributed by atoms with E-state index in [-0.39, 0.29) is 17.2 Å². The van der Waals surface area contributed by atoms with Gasteiger partial charge < -0.3 is 4.74 Å². The lowest BCUT2D eigenvalue weighted by atomic mass is 10.1. The lowest BCUT2D eigenvalue weighted by molar-refractivity contribution is 0.0603. The van der Waals surface area contributed by atoms with E-state index >= 15 is 0 Å². The maximum absolute atomic E-state index is 14.3. The molecule has 0 N–H and O–H groups in total. The van der Waals surface area contributed by atoms with Crippen LogP contribution in [0.3, 0.4) is 0 Å². The molecule has 0 amide bonds. The Labute approximate surface area is 148 Å². The Morgan fingerprint density at radius 2 is 2.08 bits per heavy atom. The molecule has 1 fully saturated rings. The Bertz CT molecular complexity index is 1010. The zero-order valence-corrected chi connectivity index (χ0v) is 14.5. The van der Waals surface area contributed by atoms with Gasteiger partial charge in [0, 0.05) is 5.92 Å². The fourth-order valence-corrected chi connectivity index (χ4v) is 3.39. The molecule has 1 aromatic carbocycles. The van der Waals surface area contributed by atoms with E-state index in [4.69, 9.17) is 16.3 Å². The summed E-state index contributed by atoms with van der Waals surface area (Å²) < 4.78 is 20.6. The molecule has 0 aliphatic heterocycles. The highest BCUT2D eigenvalue weighted by atomic mass is 35.5. The van der Waals surface area contributed by atoms with Gasteiger partial charge in [0.05, 0.1) is 34.5 Å². The van der Waals surface area contributed by atoms with Crippen LogP contribution in [-0.4, -0.2) is 27.8 Å². The van der Waals surface area contributed by atoms with Crippen molar-refractivity contribution in [2.24, 2.45) is 0 Å². The van der Waals surface area contributed by atoms with E-state index in [9.17, 15) is 9.18 Å². The van der Waals surface area contributed by atoms with Gasteiger partial charge >= 0.3 is 5.97 Å². The van der Waals surface area contributed by atoms with Crippen molar-refractivity contribution >= 4 is 28.6 Å². The molecule has 7 heteroatoms.